The Morgan fingerprint density at radius 3 is 2.46 bits per heavy atom. The summed E-state index contributed by atoms with van der Waals surface area (Å²) >= 11 is 0. The number of nitrogens with zero attached hydrogens (tertiary/aromatic N) is 2. The van der Waals surface area contributed by atoms with Crippen molar-refractivity contribution in [1.29, 1.82) is 0 Å². The first-order valence-electron chi connectivity index (χ1n) is 7.43. The molecule has 4 N–H and O–H groups in total. The van der Waals surface area contributed by atoms with Crippen LogP contribution in [0.25, 0.3) is 0 Å². The highest BCUT2D eigenvalue weighted by Gasteiger charge is 2.09. The number of nitrogen functional groups attached to an aromatic ring is 1. The minimum Gasteiger partial charge on any atom is -0.399 e. The van der Waals surface area contributed by atoms with Crippen LogP contribution < -0.4 is 16.4 Å². The molecule has 6 heteroatoms. The maximum Gasteiger partial charge on any atom is 0.256 e. The largest absolute Gasteiger partial charge is 0.399 e. The Bertz CT molecular complexity index is 861. The fraction of sp³-hybridized carbons (Fsp3) is 0.0556. The van der Waals surface area contributed by atoms with Crippen molar-refractivity contribution in [3.05, 3.63) is 72.1 Å². The van der Waals surface area contributed by atoms with Gasteiger partial charge < -0.3 is 16.4 Å². The Morgan fingerprint density at radius 1 is 1.00 bits per heavy atom. The van der Waals surface area contributed by atoms with Crippen molar-refractivity contribution in [2.45, 2.75) is 6.92 Å². The summed E-state index contributed by atoms with van der Waals surface area (Å²) in [7, 11) is 0. The molecule has 0 bridgehead atoms. The summed E-state index contributed by atoms with van der Waals surface area (Å²) in [6.45, 7) is 1.89. The fourth-order valence-corrected chi connectivity index (χ4v) is 2.23. The number of amides is 1. The van der Waals surface area contributed by atoms with Crippen molar-refractivity contribution in [3.8, 4) is 0 Å². The van der Waals surface area contributed by atoms with Crippen molar-refractivity contribution in [1.82, 2.24) is 9.97 Å². The quantitative estimate of drug-likeness (QED) is 0.641. The van der Waals surface area contributed by atoms with Gasteiger partial charge >= 0.3 is 0 Å². The van der Waals surface area contributed by atoms with E-state index in [4.69, 9.17) is 5.73 Å². The Labute approximate surface area is 139 Å². The van der Waals surface area contributed by atoms with Gasteiger partial charge in [-0.25, -0.2) is 9.97 Å². The van der Waals surface area contributed by atoms with Crippen LogP contribution in [0.15, 0.2) is 60.9 Å². The molecule has 3 aromatic rings. The molecule has 1 heterocycles. The van der Waals surface area contributed by atoms with E-state index in [0.29, 0.717) is 22.9 Å². The molecule has 0 fully saturated rings. The third-order valence-corrected chi connectivity index (χ3v) is 3.44. The van der Waals surface area contributed by atoms with Crippen LogP contribution in [-0.4, -0.2) is 15.9 Å². The molecule has 0 radical (unpaired) electrons. The molecule has 0 aliphatic carbocycles. The number of nitrogens with two attached hydrogens (primary N) is 1. The van der Waals surface area contributed by atoms with Crippen molar-refractivity contribution < 1.29 is 4.79 Å². The van der Waals surface area contributed by atoms with E-state index >= 15 is 0 Å². The fourth-order valence-electron chi connectivity index (χ4n) is 2.23. The summed E-state index contributed by atoms with van der Waals surface area (Å²) in [6.07, 6.45) is 3.11. The summed E-state index contributed by atoms with van der Waals surface area (Å²) in [6, 6.07) is 14.7. The van der Waals surface area contributed by atoms with Gasteiger partial charge in [0.2, 0.25) is 5.95 Å². The monoisotopic (exact) mass is 319 g/mol. The summed E-state index contributed by atoms with van der Waals surface area (Å²) in [4.78, 5) is 20.6. The zero-order chi connectivity index (χ0) is 16.9. The van der Waals surface area contributed by atoms with Crippen LogP contribution in [0.2, 0.25) is 0 Å². The molecule has 3 rings (SSSR count). The van der Waals surface area contributed by atoms with Crippen LogP contribution in [0, 0.1) is 6.92 Å². The first kappa shape index (κ1) is 15.5. The first-order valence-corrected chi connectivity index (χ1v) is 7.43. The van der Waals surface area contributed by atoms with Crippen LogP contribution in [-0.2, 0) is 0 Å². The van der Waals surface area contributed by atoms with Gasteiger partial charge in [0.15, 0.2) is 0 Å². The number of benzene rings is 2. The molecule has 24 heavy (non-hydrogen) atoms. The maximum atomic E-state index is 12.3. The highest BCUT2D eigenvalue weighted by atomic mass is 16.1. The van der Waals surface area contributed by atoms with E-state index in [1.54, 1.807) is 30.6 Å². The number of rotatable bonds is 4. The van der Waals surface area contributed by atoms with Crippen LogP contribution in [0.3, 0.4) is 0 Å². The molecule has 2 aromatic carbocycles. The number of hydrogen-bond acceptors (Lipinski definition) is 5. The lowest BCUT2D eigenvalue weighted by atomic mass is 10.1. The molecule has 0 spiro atoms. The molecule has 0 atom stereocenters. The van der Waals surface area contributed by atoms with Crippen LogP contribution in [0.5, 0.6) is 0 Å². The maximum absolute atomic E-state index is 12.3. The highest BCUT2D eigenvalue weighted by Crippen LogP contribution is 2.17. The van der Waals surface area contributed by atoms with Crippen molar-refractivity contribution >= 4 is 28.9 Å². The van der Waals surface area contributed by atoms with E-state index in [0.717, 1.165) is 11.3 Å². The predicted octanol–water partition coefficient (Wildman–Crippen LogP) is 3.36. The van der Waals surface area contributed by atoms with Gasteiger partial charge in [-0.05, 0) is 36.8 Å². The molecule has 0 aliphatic heterocycles. The molecule has 6 nitrogen and oxygen atoms in total. The minimum atomic E-state index is -0.187. The molecule has 1 aromatic heterocycles. The third kappa shape index (κ3) is 3.67. The topological polar surface area (TPSA) is 92.9 Å². The van der Waals surface area contributed by atoms with Gasteiger partial charge in [0.05, 0.1) is 18.1 Å². The van der Waals surface area contributed by atoms with Gasteiger partial charge in [0.1, 0.15) is 0 Å². The summed E-state index contributed by atoms with van der Waals surface area (Å²) < 4.78 is 0. The summed E-state index contributed by atoms with van der Waals surface area (Å²) in [5.74, 6) is 0.239. The Kier molecular flexibility index (Phi) is 4.38. The normalized spacial score (nSPS) is 10.2. The van der Waals surface area contributed by atoms with Gasteiger partial charge in [0, 0.05) is 16.9 Å². The van der Waals surface area contributed by atoms with Crippen LogP contribution >= 0.6 is 0 Å². The molecule has 120 valence electrons. The number of anilines is 4. The predicted molar refractivity (Wildman–Crippen MR) is 95.3 cm³/mol. The molecular weight excluding hydrogens is 302 g/mol. The highest BCUT2D eigenvalue weighted by molar-refractivity contribution is 6.05. The number of nitrogens with one attached hydrogen (secondary N) is 2. The van der Waals surface area contributed by atoms with Gasteiger partial charge in [-0.15, -0.1) is 0 Å². The van der Waals surface area contributed by atoms with Crippen molar-refractivity contribution in [2.24, 2.45) is 0 Å². The lowest BCUT2D eigenvalue weighted by molar-refractivity contribution is 0.102. The van der Waals surface area contributed by atoms with Gasteiger partial charge in [0.25, 0.3) is 5.91 Å². The van der Waals surface area contributed by atoms with Crippen LogP contribution in [0.1, 0.15) is 15.9 Å². The number of carbonyl (C=O) groups excluding carboxylic acids is 1. The molecule has 0 aliphatic rings. The lowest BCUT2D eigenvalue weighted by Crippen LogP contribution is -2.13. The first-order chi connectivity index (χ1) is 11.6. The van der Waals surface area contributed by atoms with E-state index in [-0.39, 0.29) is 5.91 Å². The molecule has 1 amide bonds. The average molecular weight is 319 g/mol. The number of carbonyl (C=O) groups is 1. The van der Waals surface area contributed by atoms with Gasteiger partial charge in [-0.3, -0.25) is 4.79 Å². The molecule has 0 unspecified atom stereocenters. The van der Waals surface area contributed by atoms with Gasteiger partial charge in [-0.2, -0.15) is 0 Å². The van der Waals surface area contributed by atoms with Crippen molar-refractivity contribution in [2.75, 3.05) is 16.4 Å². The average Bonchev–Trinajstić information content (AvgIpc) is 2.57. The second kappa shape index (κ2) is 6.78. The zero-order valence-electron chi connectivity index (χ0n) is 13.2. The molecular formula is C18H17N5O. The summed E-state index contributed by atoms with van der Waals surface area (Å²) in [5, 5.41) is 5.84. The summed E-state index contributed by atoms with van der Waals surface area (Å²) in [5.41, 5.74) is 9.25. The van der Waals surface area contributed by atoms with Crippen molar-refractivity contribution in [3.63, 3.8) is 0 Å². The molecule has 0 saturated carbocycles. The Hall–Kier alpha value is -3.41. The van der Waals surface area contributed by atoms with Gasteiger partial charge in [-0.1, -0.05) is 24.3 Å². The standard InChI is InChI=1S/C18H17N5O/c1-12-5-2-3-8-16(12)17(24)22-15-10-20-18(21-11-15)23-14-7-4-6-13(19)9-14/h2-11H,19H2,1H3,(H,22,24)(H,20,21,23). The van der Waals surface area contributed by atoms with Crippen LogP contribution in [0.4, 0.5) is 23.0 Å². The number of aromatic nitrogens is 2. The number of hydrogen-bond donors (Lipinski definition) is 3. The second-order valence-corrected chi connectivity index (χ2v) is 5.31. The number of aryl methyl sites for hydroxylation is 1. The molecule has 0 saturated heterocycles. The Morgan fingerprint density at radius 2 is 1.75 bits per heavy atom. The van der Waals surface area contributed by atoms with E-state index in [1.807, 2.05) is 37.3 Å². The van der Waals surface area contributed by atoms with E-state index in [9.17, 15) is 4.79 Å². The van der Waals surface area contributed by atoms with E-state index in [1.165, 1.54) is 0 Å². The third-order valence-electron chi connectivity index (χ3n) is 3.44. The Balaban J connectivity index is 1.68. The smallest absolute Gasteiger partial charge is 0.256 e. The van der Waals surface area contributed by atoms with E-state index in [2.05, 4.69) is 20.6 Å². The van der Waals surface area contributed by atoms with E-state index < -0.39 is 0 Å². The second-order valence-electron chi connectivity index (χ2n) is 5.31. The SMILES string of the molecule is Cc1ccccc1C(=O)Nc1cnc(Nc2cccc(N)c2)nc1. The minimum absolute atomic E-state index is 0.187. The lowest BCUT2D eigenvalue weighted by Gasteiger charge is -2.08. The zero-order valence-corrected chi connectivity index (χ0v) is 13.2.